The highest BCUT2D eigenvalue weighted by molar-refractivity contribution is 6.10. The number of methoxy groups -OCH3 is 1. The maximum absolute atomic E-state index is 13.0. The zero-order chi connectivity index (χ0) is 21.3. The number of carbonyl (C=O) groups is 2. The van der Waals surface area contributed by atoms with Crippen LogP contribution in [0.5, 0.6) is 0 Å². The Morgan fingerprint density at radius 2 is 1.87 bits per heavy atom. The highest BCUT2D eigenvalue weighted by atomic mass is 16.5. The van der Waals surface area contributed by atoms with Crippen LogP contribution >= 0.6 is 0 Å². The number of nitrogens with zero attached hydrogens (tertiary/aromatic N) is 3. The van der Waals surface area contributed by atoms with Gasteiger partial charge in [0.2, 0.25) is 0 Å². The van der Waals surface area contributed by atoms with Crippen LogP contribution in [0, 0.1) is 12.8 Å². The van der Waals surface area contributed by atoms with Crippen molar-refractivity contribution in [2.24, 2.45) is 5.92 Å². The van der Waals surface area contributed by atoms with E-state index in [1.807, 2.05) is 12.1 Å². The molecule has 2 heterocycles. The van der Waals surface area contributed by atoms with Gasteiger partial charge in [-0.15, -0.1) is 0 Å². The number of nitrogens with two attached hydrogens (primary N) is 1. The van der Waals surface area contributed by atoms with Crippen LogP contribution in [0.2, 0.25) is 0 Å². The normalized spacial score (nSPS) is 21.3. The van der Waals surface area contributed by atoms with Crippen LogP contribution < -0.4 is 10.6 Å². The van der Waals surface area contributed by atoms with Crippen LogP contribution in [0.25, 0.3) is 0 Å². The fraction of sp³-hybridized carbons (Fsp3) is 0.478. The van der Waals surface area contributed by atoms with Crippen LogP contribution in [-0.2, 0) is 16.0 Å². The monoisotopic (exact) mass is 408 g/mol. The summed E-state index contributed by atoms with van der Waals surface area (Å²) in [4.78, 5) is 34.8. The first-order valence-corrected chi connectivity index (χ1v) is 10.6. The molecule has 1 amide bonds. The number of benzene rings is 1. The van der Waals surface area contributed by atoms with Crippen molar-refractivity contribution < 1.29 is 14.3 Å². The largest absolute Gasteiger partial charge is 0.469 e. The highest BCUT2D eigenvalue weighted by Crippen LogP contribution is 2.38. The van der Waals surface area contributed by atoms with E-state index in [1.165, 1.54) is 12.7 Å². The van der Waals surface area contributed by atoms with Gasteiger partial charge in [0, 0.05) is 25.1 Å². The molecule has 1 aromatic carbocycles. The number of anilines is 2. The van der Waals surface area contributed by atoms with E-state index < -0.39 is 0 Å². The molecule has 0 atom stereocenters. The zero-order valence-electron chi connectivity index (χ0n) is 17.6. The highest BCUT2D eigenvalue weighted by Gasteiger charge is 2.30. The minimum atomic E-state index is -0.134. The van der Waals surface area contributed by atoms with E-state index >= 15 is 0 Å². The van der Waals surface area contributed by atoms with Crippen LogP contribution in [0.3, 0.4) is 0 Å². The Morgan fingerprint density at radius 3 is 2.53 bits per heavy atom. The van der Waals surface area contributed by atoms with E-state index in [9.17, 15) is 9.59 Å². The van der Waals surface area contributed by atoms with E-state index in [2.05, 4.69) is 22.1 Å². The number of nitrogen functional groups attached to an aromatic ring is 1. The molecule has 1 aliphatic carbocycles. The lowest BCUT2D eigenvalue weighted by molar-refractivity contribution is -0.142. The number of esters is 1. The Hall–Kier alpha value is -2.96. The van der Waals surface area contributed by atoms with Gasteiger partial charge in [-0.05, 0) is 62.1 Å². The molecule has 0 bridgehead atoms. The van der Waals surface area contributed by atoms with Gasteiger partial charge >= 0.3 is 5.97 Å². The summed E-state index contributed by atoms with van der Waals surface area (Å²) in [5.41, 5.74) is 9.34. The number of hydrogen-bond acceptors (Lipinski definition) is 6. The molecule has 7 heteroatoms. The molecule has 0 unspecified atom stereocenters. The summed E-state index contributed by atoms with van der Waals surface area (Å²) in [5.74, 6) is 1.53. The van der Waals surface area contributed by atoms with E-state index in [0.717, 1.165) is 37.1 Å². The number of ether oxygens (including phenoxy) is 1. The van der Waals surface area contributed by atoms with Crippen molar-refractivity contribution in [3.05, 3.63) is 46.9 Å². The number of carbonyl (C=O) groups excluding carboxylic acids is 2. The third-order valence-corrected chi connectivity index (χ3v) is 6.36. The van der Waals surface area contributed by atoms with Crippen molar-refractivity contribution in [2.45, 2.75) is 51.4 Å². The molecular weight excluding hydrogens is 380 g/mol. The maximum Gasteiger partial charge on any atom is 0.305 e. The summed E-state index contributed by atoms with van der Waals surface area (Å²) < 4.78 is 4.79. The Kier molecular flexibility index (Phi) is 5.70. The molecule has 1 fully saturated rings. The van der Waals surface area contributed by atoms with Crippen LogP contribution in [0.1, 0.15) is 65.5 Å². The maximum atomic E-state index is 13.0. The summed E-state index contributed by atoms with van der Waals surface area (Å²) in [6.07, 6.45) is 5.42. The number of fused-ring (bicyclic) bond motifs is 1. The zero-order valence-corrected chi connectivity index (χ0v) is 17.6. The van der Waals surface area contributed by atoms with Crippen LogP contribution in [-0.4, -0.2) is 35.5 Å². The van der Waals surface area contributed by atoms with Gasteiger partial charge in [0.05, 0.1) is 12.8 Å². The standard InChI is InChI=1S/C23H28N4O3/c1-14-25-19-11-12-27(23(29)21(19)22(24)26-14)18-9-7-17(8-10-18)16-5-3-15(4-6-16)13-20(28)30-2/h7-10,15-16H,3-6,11-13H2,1-2H3,(H2,24,25,26). The molecule has 2 aromatic rings. The van der Waals surface area contributed by atoms with Crippen molar-refractivity contribution in [3.63, 3.8) is 0 Å². The van der Waals surface area contributed by atoms with Gasteiger partial charge < -0.3 is 15.4 Å². The SMILES string of the molecule is COC(=O)CC1CCC(c2ccc(N3CCc4nc(C)nc(N)c4C3=O)cc2)CC1. The van der Waals surface area contributed by atoms with E-state index in [-0.39, 0.29) is 17.7 Å². The molecule has 1 aliphatic heterocycles. The van der Waals surface area contributed by atoms with Gasteiger partial charge in [-0.2, -0.15) is 0 Å². The molecule has 1 aromatic heterocycles. The van der Waals surface area contributed by atoms with Crippen molar-refractivity contribution >= 4 is 23.4 Å². The first-order chi connectivity index (χ1) is 14.5. The minimum Gasteiger partial charge on any atom is -0.469 e. The molecule has 0 saturated heterocycles. The van der Waals surface area contributed by atoms with E-state index in [4.69, 9.17) is 10.5 Å². The third-order valence-electron chi connectivity index (χ3n) is 6.36. The second kappa shape index (κ2) is 8.42. The quantitative estimate of drug-likeness (QED) is 0.779. The molecule has 2 N–H and O–H groups in total. The average molecular weight is 409 g/mol. The number of aromatic nitrogens is 2. The summed E-state index contributed by atoms with van der Waals surface area (Å²) in [5, 5.41) is 0. The molecule has 1 saturated carbocycles. The molecule has 0 spiro atoms. The Bertz CT molecular complexity index is 950. The smallest absolute Gasteiger partial charge is 0.305 e. The minimum absolute atomic E-state index is 0.114. The van der Waals surface area contributed by atoms with E-state index in [1.54, 1.807) is 11.8 Å². The molecule has 0 radical (unpaired) electrons. The summed E-state index contributed by atoms with van der Waals surface area (Å²) in [6.45, 7) is 2.37. The molecule has 7 nitrogen and oxygen atoms in total. The second-order valence-electron chi connectivity index (χ2n) is 8.27. The fourth-order valence-electron chi connectivity index (χ4n) is 4.71. The van der Waals surface area contributed by atoms with Gasteiger partial charge in [-0.3, -0.25) is 9.59 Å². The molecule has 4 rings (SSSR count). The molecule has 2 aliphatic rings. The Morgan fingerprint density at radius 1 is 1.17 bits per heavy atom. The molecule has 158 valence electrons. The fourth-order valence-corrected chi connectivity index (χ4v) is 4.71. The predicted octanol–water partition coefficient (Wildman–Crippen LogP) is 3.41. The van der Waals surface area contributed by atoms with Crippen molar-refractivity contribution in [2.75, 3.05) is 24.3 Å². The molecular formula is C23H28N4O3. The number of rotatable bonds is 4. The van der Waals surface area contributed by atoms with Crippen molar-refractivity contribution in [1.29, 1.82) is 0 Å². The average Bonchev–Trinajstić information content (AvgIpc) is 2.74. The second-order valence-corrected chi connectivity index (χ2v) is 8.27. The van der Waals surface area contributed by atoms with Gasteiger partial charge in [-0.25, -0.2) is 9.97 Å². The predicted molar refractivity (Wildman–Crippen MR) is 114 cm³/mol. The first-order valence-electron chi connectivity index (χ1n) is 10.6. The molecule has 30 heavy (non-hydrogen) atoms. The topological polar surface area (TPSA) is 98.4 Å². The van der Waals surface area contributed by atoms with Crippen molar-refractivity contribution in [3.8, 4) is 0 Å². The third kappa shape index (κ3) is 4.01. The van der Waals surface area contributed by atoms with Crippen LogP contribution in [0.15, 0.2) is 24.3 Å². The van der Waals surface area contributed by atoms with E-state index in [0.29, 0.717) is 42.6 Å². The lowest BCUT2D eigenvalue weighted by Crippen LogP contribution is -2.39. The lowest BCUT2D eigenvalue weighted by atomic mass is 9.77. The van der Waals surface area contributed by atoms with Gasteiger partial charge in [0.1, 0.15) is 17.2 Å². The van der Waals surface area contributed by atoms with Crippen molar-refractivity contribution in [1.82, 2.24) is 9.97 Å². The Labute approximate surface area is 176 Å². The summed E-state index contributed by atoms with van der Waals surface area (Å²) in [7, 11) is 1.45. The number of hydrogen-bond donors (Lipinski definition) is 1. The number of amides is 1. The van der Waals surface area contributed by atoms with Gasteiger partial charge in [0.15, 0.2) is 0 Å². The summed E-state index contributed by atoms with van der Waals surface area (Å²) in [6, 6.07) is 8.28. The van der Waals surface area contributed by atoms with Gasteiger partial charge in [0.25, 0.3) is 5.91 Å². The Balaban J connectivity index is 1.43. The van der Waals surface area contributed by atoms with Crippen LogP contribution in [0.4, 0.5) is 11.5 Å². The number of aryl methyl sites for hydroxylation is 1. The van der Waals surface area contributed by atoms with Gasteiger partial charge in [-0.1, -0.05) is 12.1 Å². The summed E-state index contributed by atoms with van der Waals surface area (Å²) >= 11 is 0. The first kappa shape index (κ1) is 20.3. The lowest BCUT2D eigenvalue weighted by Gasteiger charge is -2.30.